The van der Waals surface area contributed by atoms with Crippen molar-refractivity contribution in [1.82, 2.24) is 4.57 Å². The molecule has 0 aliphatic carbocycles. The number of hydrogen-bond acceptors (Lipinski definition) is 2. The fraction of sp³-hybridized carbons (Fsp3) is 0.375. The van der Waals surface area contributed by atoms with Gasteiger partial charge in [0.2, 0.25) is 0 Å². The van der Waals surface area contributed by atoms with Crippen LogP contribution in [0.2, 0.25) is 0 Å². The second kappa shape index (κ2) is 6.32. The van der Waals surface area contributed by atoms with Gasteiger partial charge in [0.15, 0.2) is 0 Å². The largest absolute Gasteiger partial charge is 0.489 e. The molecule has 3 heteroatoms. The van der Waals surface area contributed by atoms with Gasteiger partial charge >= 0.3 is 0 Å². The van der Waals surface area contributed by atoms with E-state index >= 15 is 0 Å². The van der Waals surface area contributed by atoms with E-state index in [9.17, 15) is 0 Å². The average Bonchev–Trinajstić information content (AvgIpc) is 2.84. The summed E-state index contributed by atoms with van der Waals surface area (Å²) in [5, 5.41) is 3.45. The SMILES string of the molecule is CCn1cccc1CNc1ccccc1OC(C)C. The molecule has 19 heavy (non-hydrogen) atoms. The summed E-state index contributed by atoms with van der Waals surface area (Å²) in [4.78, 5) is 0. The van der Waals surface area contributed by atoms with Gasteiger partial charge in [0.1, 0.15) is 5.75 Å². The summed E-state index contributed by atoms with van der Waals surface area (Å²) in [5.41, 5.74) is 2.32. The van der Waals surface area contributed by atoms with Crippen molar-refractivity contribution in [3.63, 3.8) is 0 Å². The highest BCUT2D eigenvalue weighted by molar-refractivity contribution is 5.56. The number of nitrogens with one attached hydrogen (secondary N) is 1. The van der Waals surface area contributed by atoms with Crippen LogP contribution in [0.1, 0.15) is 26.5 Å². The van der Waals surface area contributed by atoms with Gasteiger partial charge in [-0.25, -0.2) is 0 Å². The number of benzene rings is 1. The Labute approximate surface area is 115 Å². The van der Waals surface area contributed by atoms with Crippen molar-refractivity contribution >= 4 is 5.69 Å². The molecule has 1 heterocycles. The Kier molecular flexibility index (Phi) is 4.50. The van der Waals surface area contributed by atoms with E-state index in [2.05, 4.69) is 41.2 Å². The fourth-order valence-electron chi connectivity index (χ4n) is 2.07. The molecule has 1 aromatic heterocycles. The van der Waals surface area contributed by atoms with Crippen molar-refractivity contribution < 1.29 is 4.74 Å². The quantitative estimate of drug-likeness (QED) is 0.850. The molecule has 2 aromatic rings. The molecule has 0 saturated carbocycles. The summed E-state index contributed by atoms with van der Waals surface area (Å²) >= 11 is 0. The molecule has 0 fully saturated rings. The molecule has 102 valence electrons. The zero-order chi connectivity index (χ0) is 13.7. The molecular formula is C16H22N2O. The highest BCUT2D eigenvalue weighted by Crippen LogP contribution is 2.25. The molecule has 0 aliphatic heterocycles. The fourth-order valence-corrected chi connectivity index (χ4v) is 2.07. The minimum atomic E-state index is 0.183. The molecule has 2 rings (SSSR count). The third-order valence-corrected chi connectivity index (χ3v) is 2.97. The lowest BCUT2D eigenvalue weighted by atomic mass is 10.2. The van der Waals surface area contributed by atoms with Crippen LogP contribution in [-0.4, -0.2) is 10.7 Å². The monoisotopic (exact) mass is 258 g/mol. The molecule has 1 N–H and O–H groups in total. The summed E-state index contributed by atoms with van der Waals surface area (Å²) in [7, 11) is 0. The maximum absolute atomic E-state index is 5.80. The van der Waals surface area contributed by atoms with Crippen molar-refractivity contribution in [3.05, 3.63) is 48.3 Å². The zero-order valence-electron chi connectivity index (χ0n) is 11.9. The van der Waals surface area contributed by atoms with Gasteiger partial charge in [0, 0.05) is 18.4 Å². The van der Waals surface area contributed by atoms with E-state index in [4.69, 9.17) is 4.74 Å². The Hall–Kier alpha value is -1.90. The first-order valence-electron chi connectivity index (χ1n) is 6.84. The van der Waals surface area contributed by atoms with Crippen LogP contribution in [0.5, 0.6) is 5.75 Å². The van der Waals surface area contributed by atoms with E-state index in [0.29, 0.717) is 0 Å². The molecule has 0 radical (unpaired) electrons. The van der Waals surface area contributed by atoms with Gasteiger partial charge in [-0.05, 0) is 45.0 Å². The van der Waals surface area contributed by atoms with Gasteiger partial charge < -0.3 is 14.6 Å². The number of nitrogens with zero attached hydrogens (tertiary/aromatic N) is 1. The van der Waals surface area contributed by atoms with Crippen LogP contribution in [0, 0.1) is 0 Å². The van der Waals surface area contributed by atoms with Crippen LogP contribution in [0.15, 0.2) is 42.6 Å². The second-order valence-electron chi connectivity index (χ2n) is 4.80. The summed E-state index contributed by atoms with van der Waals surface area (Å²) in [6.07, 6.45) is 2.29. The summed E-state index contributed by atoms with van der Waals surface area (Å²) in [6, 6.07) is 12.3. The maximum atomic E-state index is 5.80. The van der Waals surface area contributed by atoms with E-state index in [0.717, 1.165) is 24.5 Å². The van der Waals surface area contributed by atoms with Gasteiger partial charge in [0.25, 0.3) is 0 Å². The molecule has 0 unspecified atom stereocenters. The Morgan fingerprint density at radius 1 is 1.16 bits per heavy atom. The topological polar surface area (TPSA) is 26.2 Å². The number of ether oxygens (including phenoxy) is 1. The normalized spacial score (nSPS) is 10.7. The number of para-hydroxylation sites is 2. The lowest BCUT2D eigenvalue weighted by molar-refractivity contribution is 0.243. The molecule has 0 spiro atoms. The number of aryl methyl sites for hydroxylation is 1. The number of anilines is 1. The van der Waals surface area contributed by atoms with E-state index < -0.39 is 0 Å². The Morgan fingerprint density at radius 3 is 2.68 bits per heavy atom. The Balaban J connectivity index is 2.07. The second-order valence-corrected chi connectivity index (χ2v) is 4.80. The first-order chi connectivity index (χ1) is 9.20. The van der Waals surface area contributed by atoms with E-state index in [-0.39, 0.29) is 6.10 Å². The average molecular weight is 258 g/mol. The van der Waals surface area contributed by atoms with Gasteiger partial charge in [-0.1, -0.05) is 12.1 Å². The summed E-state index contributed by atoms with van der Waals surface area (Å²) in [6.45, 7) is 8.03. The molecule has 1 aromatic carbocycles. The highest BCUT2D eigenvalue weighted by Gasteiger charge is 2.05. The molecule has 3 nitrogen and oxygen atoms in total. The van der Waals surface area contributed by atoms with Crippen molar-refractivity contribution in [3.8, 4) is 5.75 Å². The van der Waals surface area contributed by atoms with Gasteiger partial charge in [-0.15, -0.1) is 0 Å². The van der Waals surface area contributed by atoms with Crippen LogP contribution in [-0.2, 0) is 13.1 Å². The van der Waals surface area contributed by atoms with E-state index in [1.165, 1.54) is 5.69 Å². The number of aromatic nitrogens is 1. The summed E-state index contributed by atoms with van der Waals surface area (Å²) < 4.78 is 8.04. The Bertz CT molecular complexity index is 517. The van der Waals surface area contributed by atoms with Crippen molar-refractivity contribution in [2.45, 2.75) is 40.0 Å². The van der Waals surface area contributed by atoms with Gasteiger partial charge in [0.05, 0.1) is 18.3 Å². The van der Waals surface area contributed by atoms with E-state index in [1.807, 2.05) is 32.0 Å². The van der Waals surface area contributed by atoms with Crippen LogP contribution in [0.4, 0.5) is 5.69 Å². The number of hydrogen-bond donors (Lipinski definition) is 1. The smallest absolute Gasteiger partial charge is 0.142 e. The first kappa shape index (κ1) is 13.5. The van der Waals surface area contributed by atoms with Crippen molar-refractivity contribution in [2.24, 2.45) is 0 Å². The molecule has 0 aliphatic rings. The van der Waals surface area contributed by atoms with Gasteiger partial charge in [-0.3, -0.25) is 0 Å². The first-order valence-corrected chi connectivity index (χ1v) is 6.84. The predicted octanol–water partition coefficient (Wildman–Crippen LogP) is 3.91. The molecule has 0 amide bonds. The van der Waals surface area contributed by atoms with Crippen LogP contribution >= 0.6 is 0 Å². The third-order valence-electron chi connectivity index (χ3n) is 2.97. The highest BCUT2D eigenvalue weighted by atomic mass is 16.5. The van der Waals surface area contributed by atoms with Crippen LogP contribution in [0.3, 0.4) is 0 Å². The van der Waals surface area contributed by atoms with Crippen molar-refractivity contribution in [1.29, 1.82) is 0 Å². The molecule has 0 saturated heterocycles. The van der Waals surface area contributed by atoms with Crippen LogP contribution in [0.25, 0.3) is 0 Å². The van der Waals surface area contributed by atoms with E-state index in [1.54, 1.807) is 0 Å². The standard InChI is InChI=1S/C16H22N2O/c1-4-18-11-7-8-14(18)12-17-15-9-5-6-10-16(15)19-13(2)3/h5-11,13,17H,4,12H2,1-3H3. The minimum absolute atomic E-state index is 0.183. The zero-order valence-corrected chi connectivity index (χ0v) is 11.9. The lowest BCUT2D eigenvalue weighted by Gasteiger charge is -2.16. The number of rotatable bonds is 6. The van der Waals surface area contributed by atoms with Gasteiger partial charge in [-0.2, -0.15) is 0 Å². The third kappa shape index (κ3) is 3.53. The maximum Gasteiger partial charge on any atom is 0.142 e. The summed E-state index contributed by atoms with van der Waals surface area (Å²) in [5.74, 6) is 0.909. The molecule has 0 bridgehead atoms. The molecule has 0 atom stereocenters. The predicted molar refractivity (Wildman–Crippen MR) is 79.6 cm³/mol. The molecular weight excluding hydrogens is 236 g/mol. The van der Waals surface area contributed by atoms with Crippen molar-refractivity contribution in [2.75, 3.05) is 5.32 Å². The van der Waals surface area contributed by atoms with Crippen LogP contribution < -0.4 is 10.1 Å². The lowest BCUT2D eigenvalue weighted by Crippen LogP contribution is -2.10. The minimum Gasteiger partial charge on any atom is -0.489 e. The Morgan fingerprint density at radius 2 is 1.95 bits per heavy atom.